The van der Waals surface area contributed by atoms with E-state index in [1.54, 1.807) is 6.26 Å². The predicted octanol–water partition coefficient (Wildman–Crippen LogP) is 1.36. The van der Waals surface area contributed by atoms with Crippen LogP contribution < -0.4 is 11.3 Å². The topological polar surface area (TPSA) is 80.2 Å². The van der Waals surface area contributed by atoms with Crippen LogP contribution in [0.2, 0.25) is 0 Å². The highest BCUT2D eigenvalue weighted by molar-refractivity contribution is 7.15. The summed E-state index contributed by atoms with van der Waals surface area (Å²) in [7, 11) is 2.03. The largest absolute Gasteiger partial charge is 0.469 e. The van der Waals surface area contributed by atoms with Gasteiger partial charge in [-0.3, -0.25) is 10.3 Å². The van der Waals surface area contributed by atoms with E-state index < -0.39 is 0 Å². The minimum atomic E-state index is 0.632. The molecule has 0 saturated carbocycles. The Morgan fingerprint density at radius 2 is 2.29 bits per heavy atom. The molecule has 3 N–H and O–H groups in total. The Morgan fingerprint density at radius 3 is 2.88 bits per heavy atom. The van der Waals surface area contributed by atoms with Crippen LogP contribution in [0.3, 0.4) is 0 Å². The highest BCUT2D eigenvalue weighted by Gasteiger charge is 2.09. The molecule has 0 amide bonds. The number of nitrogen functional groups attached to an aromatic ring is 1. The maximum atomic E-state index is 5.26. The Labute approximate surface area is 103 Å². The number of nitrogens with one attached hydrogen (secondary N) is 1. The molecule has 0 unspecified atom stereocenters. The maximum Gasteiger partial charge on any atom is 0.219 e. The molecule has 0 fully saturated rings. The standard InChI is InChI=1S/C10H15N5OS/c1-7-8(3-4-16-7)5-15(2)6-9-13-14-10(12-11)17-9/h3-4H,5-6,11H2,1-2H3,(H,12,14). The van der Waals surface area contributed by atoms with Crippen LogP contribution in [0, 0.1) is 6.92 Å². The summed E-state index contributed by atoms with van der Waals surface area (Å²) in [6.07, 6.45) is 1.71. The summed E-state index contributed by atoms with van der Waals surface area (Å²) in [6, 6.07) is 1.98. The van der Waals surface area contributed by atoms with E-state index in [1.165, 1.54) is 16.9 Å². The minimum absolute atomic E-state index is 0.632. The van der Waals surface area contributed by atoms with E-state index in [4.69, 9.17) is 10.3 Å². The Balaban J connectivity index is 1.93. The summed E-state index contributed by atoms with van der Waals surface area (Å²) in [5.74, 6) is 6.21. The molecule has 2 heterocycles. The Morgan fingerprint density at radius 1 is 1.47 bits per heavy atom. The minimum Gasteiger partial charge on any atom is -0.469 e. The van der Waals surface area contributed by atoms with E-state index in [0.717, 1.165) is 23.9 Å². The van der Waals surface area contributed by atoms with Gasteiger partial charge in [0.05, 0.1) is 12.8 Å². The Hall–Kier alpha value is -1.44. The summed E-state index contributed by atoms with van der Waals surface area (Å²) < 4.78 is 5.26. The predicted molar refractivity (Wildman–Crippen MR) is 66.3 cm³/mol. The molecule has 92 valence electrons. The summed E-state index contributed by atoms with van der Waals surface area (Å²) in [6.45, 7) is 3.53. The molecule has 0 saturated heterocycles. The van der Waals surface area contributed by atoms with Crippen molar-refractivity contribution in [2.45, 2.75) is 20.0 Å². The Kier molecular flexibility index (Phi) is 3.72. The number of hydrogen-bond acceptors (Lipinski definition) is 7. The van der Waals surface area contributed by atoms with Crippen LogP contribution in [-0.4, -0.2) is 22.1 Å². The number of nitrogens with zero attached hydrogens (tertiary/aromatic N) is 3. The zero-order chi connectivity index (χ0) is 12.3. The van der Waals surface area contributed by atoms with Gasteiger partial charge in [-0.25, -0.2) is 5.84 Å². The van der Waals surface area contributed by atoms with Crippen molar-refractivity contribution < 1.29 is 4.42 Å². The normalized spacial score (nSPS) is 11.1. The van der Waals surface area contributed by atoms with Crippen molar-refractivity contribution in [2.24, 2.45) is 5.84 Å². The monoisotopic (exact) mass is 253 g/mol. The van der Waals surface area contributed by atoms with Crippen LogP contribution in [-0.2, 0) is 13.1 Å². The van der Waals surface area contributed by atoms with Gasteiger partial charge in [0.15, 0.2) is 0 Å². The van der Waals surface area contributed by atoms with Gasteiger partial charge in [-0.2, -0.15) is 0 Å². The average molecular weight is 253 g/mol. The van der Waals surface area contributed by atoms with Crippen molar-refractivity contribution in [1.29, 1.82) is 0 Å². The summed E-state index contributed by atoms with van der Waals surface area (Å²) in [4.78, 5) is 2.15. The van der Waals surface area contributed by atoms with Crippen molar-refractivity contribution in [1.82, 2.24) is 15.1 Å². The molecule has 0 spiro atoms. The summed E-state index contributed by atoms with van der Waals surface area (Å²) in [5.41, 5.74) is 3.68. The molecule has 2 rings (SSSR count). The Bertz CT molecular complexity index is 481. The molecule has 0 bridgehead atoms. The van der Waals surface area contributed by atoms with Crippen LogP contribution in [0.1, 0.15) is 16.3 Å². The first kappa shape index (κ1) is 12.0. The number of hydrazine groups is 1. The van der Waals surface area contributed by atoms with E-state index in [0.29, 0.717) is 5.13 Å². The van der Waals surface area contributed by atoms with Gasteiger partial charge in [0, 0.05) is 12.1 Å². The van der Waals surface area contributed by atoms with Gasteiger partial charge in [0.2, 0.25) is 5.13 Å². The van der Waals surface area contributed by atoms with E-state index >= 15 is 0 Å². The SMILES string of the molecule is Cc1occc1CN(C)Cc1nnc(NN)s1. The van der Waals surface area contributed by atoms with Crippen LogP contribution >= 0.6 is 11.3 Å². The fourth-order valence-corrected chi connectivity index (χ4v) is 2.26. The average Bonchev–Trinajstić information content (AvgIpc) is 2.89. The molecular formula is C10H15N5OS. The van der Waals surface area contributed by atoms with E-state index in [-0.39, 0.29) is 0 Å². The molecule has 17 heavy (non-hydrogen) atoms. The molecule has 6 nitrogen and oxygen atoms in total. The molecule has 0 aliphatic rings. The molecule has 7 heteroatoms. The van der Waals surface area contributed by atoms with E-state index in [1.807, 2.05) is 20.0 Å². The van der Waals surface area contributed by atoms with Crippen molar-refractivity contribution in [2.75, 3.05) is 12.5 Å². The lowest BCUT2D eigenvalue weighted by molar-refractivity contribution is 0.315. The quantitative estimate of drug-likeness (QED) is 0.618. The van der Waals surface area contributed by atoms with Crippen molar-refractivity contribution >= 4 is 16.5 Å². The third-order valence-electron chi connectivity index (χ3n) is 2.40. The second kappa shape index (κ2) is 5.26. The van der Waals surface area contributed by atoms with Crippen LogP contribution in [0.4, 0.5) is 5.13 Å². The van der Waals surface area contributed by atoms with Crippen molar-refractivity contribution in [3.8, 4) is 0 Å². The number of furan rings is 1. The van der Waals surface area contributed by atoms with Crippen LogP contribution in [0.15, 0.2) is 16.7 Å². The van der Waals surface area contributed by atoms with Gasteiger partial charge in [0.25, 0.3) is 0 Å². The molecule has 0 aliphatic carbocycles. The molecule has 0 atom stereocenters. The summed E-state index contributed by atoms with van der Waals surface area (Å²) >= 11 is 1.45. The highest BCUT2D eigenvalue weighted by atomic mass is 32.1. The maximum absolute atomic E-state index is 5.26. The highest BCUT2D eigenvalue weighted by Crippen LogP contribution is 2.17. The second-order valence-corrected chi connectivity index (χ2v) is 4.88. The lowest BCUT2D eigenvalue weighted by Gasteiger charge is -2.13. The first-order valence-corrected chi connectivity index (χ1v) is 6.01. The van der Waals surface area contributed by atoms with Gasteiger partial charge in [-0.05, 0) is 20.0 Å². The van der Waals surface area contributed by atoms with Gasteiger partial charge < -0.3 is 4.42 Å². The van der Waals surface area contributed by atoms with Crippen molar-refractivity contribution in [3.63, 3.8) is 0 Å². The van der Waals surface area contributed by atoms with Crippen LogP contribution in [0.25, 0.3) is 0 Å². The van der Waals surface area contributed by atoms with Gasteiger partial charge in [0.1, 0.15) is 10.8 Å². The smallest absolute Gasteiger partial charge is 0.219 e. The fourth-order valence-electron chi connectivity index (χ4n) is 1.53. The molecule has 2 aromatic rings. The van der Waals surface area contributed by atoms with Crippen LogP contribution in [0.5, 0.6) is 0 Å². The third-order valence-corrected chi connectivity index (χ3v) is 3.24. The molecule has 0 aliphatic heterocycles. The lowest BCUT2D eigenvalue weighted by Crippen LogP contribution is -2.17. The second-order valence-electron chi connectivity index (χ2n) is 3.82. The summed E-state index contributed by atoms with van der Waals surface area (Å²) in [5, 5.41) is 9.49. The van der Waals surface area contributed by atoms with E-state index in [2.05, 4.69) is 20.5 Å². The number of anilines is 1. The molecule has 2 aromatic heterocycles. The van der Waals surface area contributed by atoms with Gasteiger partial charge >= 0.3 is 0 Å². The molecule has 0 aromatic carbocycles. The number of rotatable bonds is 5. The van der Waals surface area contributed by atoms with E-state index in [9.17, 15) is 0 Å². The fraction of sp³-hybridized carbons (Fsp3) is 0.400. The third kappa shape index (κ3) is 3.02. The lowest BCUT2D eigenvalue weighted by atomic mass is 10.2. The van der Waals surface area contributed by atoms with Gasteiger partial charge in [-0.15, -0.1) is 10.2 Å². The zero-order valence-electron chi connectivity index (χ0n) is 9.80. The first-order chi connectivity index (χ1) is 8.19. The zero-order valence-corrected chi connectivity index (χ0v) is 10.6. The number of aromatic nitrogens is 2. The number of hydrogen-bond donors (Lipinski definition) is 2. The number of nitrogens with two attached hydrogens (primary N) is 1. The van der Waals surface area contributed by atoms with Crippen molar-refractivity contribution in [3.05, 3.63) is 28.7 Å². The molecular weight excluding hydrogens is 238 g/mol. The molecule has 0 radical (unpaired) electrons. The van der Waals surface area contributed by atoms with Gasteiger partial charge in [-0.1, -0.05) is 11.3 Å². The first-order valence-electron chi connectivity index (χ1n) is 5.19. The number of aryl methyl sites for hydroxylation is 1.